The molecule has 3 aromatic carbocycles. The van der Waals surface area contributed by atoms with E-state index in [0.29, 0.717) is 44.1 Å². The minimum Gasteiger partial charge on any atom is -0.489 e. The predicted molar refractivity (Wildman–Crippen MR) is 141 cm³/mol. The lowest BCUT2D eigenvalue weighted by molar-refractivity contribution is 0.0696. The van der Waals surface area contributed by atoms with E-state index in [9.17, 15) is 13.2 Å². The molecule has 1 aromatic heterocycles. The highest BCUT2D eigenvalue weighted by Gasteiger charge is 2.24. The average molecular weight is 561 g/mol. The van der Waals surface area contributed by atoms with Crippen molar-refractivity contribution in [3.63, 3.8) is 0 Å². The molecule has 0 aliphatic rings. The van der Waals surface area contributed by atoms with E-state index in [1.807, 2.05) is 13.8 Å². The van der Waals surface area contributed by atoms with Gasteiger partial charge in [0, 0.05) is 17.2 Å². The number of anilines is 1. The lowest BCUT2D eigenvalue weighted by Gasteiger charge is -2.12. The van der Waals surface area contributed by atoms with Gasteiger partial charge in [0.1, 0.15) is 23.8 Å². The molecule has 0 aliphatic heterocycles. The fourth-order valence-corrected chi connectivity index (χ4v) is 5.24. The second kappa shape index (κ2) is 10.8. The molecule has 0 saturated heterocycles. The van der Waals surface area contributed by atoms with Crippen LogP contribution in [-0.4, -0.2) is 24.7 Å². The summed E-state index contributed by atoms with van der Waals surface area (Å²) < 4.78 is 39.3. The van der Waals surface area contributed by atoms with Crippen molar-refractivity contribution in [1.82, 2.24) is 5.16 Å². The third-order valence-corrected chi connectivity index (χ3v) is 7.47. The number of halogens is 2. The van der Waals surface area contributed by atoms with E-state index < -0.39 is 16.0 Å². The monoisotopic (exact) mass is 560 g/mol. The predicted octanol–water partition coefficient (Wildman–Crippen LogP) is 6.85. The van der Waals surface area contributed by atoms with Gasteiger partial charge in [-0.3, -0.25) is 4.72 Å². The van der Waals surface area contributed by atoms with Crippen LogP contribution in [0.5, 0.6) is 5.75 Å². The van der Waals surface area contributed by atoms with E-state index in [0.717, 1.165) is 0 Å². The number of nitrogens with zero attached hydrogens (tertiary/aromatic N) is 1. The fraction of sp³-hybridized carbons (Fsp3) is 0.154. The van der Waals surface area contributed by atoms with Crippen molar-refractivity contribution in [1.29, 1.82) is 0 Å². The molecule has 0 bridgehead atoms. The van der Waals surface area contributed by atoms with Gasteiger partial charge in [-0.2, -0.15) is 0 Å². The van der Waals surface area contributed by atoms with Crippen LogP contribution >= 0.6 is 23.2 Å². The molecule has 0 atom stereocenters. The van der Waals surface area contributed by atoms with Crippen molar-refractivity contribution in [2.75, 3.05) is 4.72 Å². The van der Waals surface area contributed by atoms with Crippen molar-refractivity contribution in [3.8, 4) is 17.0 Å². The van der Waals surface area contributed by atoms with Gasteiger partial charge in [-0.05, 0) is 60.7 Å². The molecule has 0 fully saturated rings. The standard InChI is InChI=1S/C26H22Cl2N2O6S/c1-15(2)25-20(24(29-36-25)23-21(27)4-3-5-22(23)28)14-35-18-10-8-17(9-11-18)30-37(33,34)19-12-6-16(7-13-19)26(31)32/h3-13,15,30H,14H2,1-2H3,(H,31,32). The summed E-state index contributed by atoms with van der Waals surface area (Å²) in [6.45, 7) is 4.06. The first-order chi connectivity index (χ1) is 17.6. The van der Waals surface area contributed by atoms with Crippen molar-refractivity contribution in [2.45, 2.75) is 31.3 Å². The average Bonchev–Trinajstić information content (AvgIpc) is 3.27. The van der Waals surface area contributed by atoms with Crippen LogP contribution in [0, 0.1) is 0 Å². The van der Waals surface area contributed by atoms with Crippen LogP contribution in [0.1, 0.15) is 41.4 Å². The molecule has 1 heterocycles. The molecule has 0 amide bonds. The number of hydrogen-bond acceptors (Lipinski definition) is 6. The topological polar surface area (TPSA) is 119 Å². The molecule has 192 valence electrons. The summed E-state index contributed by atoms with van der Waals surface area (Å²) in [4.78, 5) is 10.9. The molecule has 11 heteroatoms. The number of aromatic nitrogens is 1. The number of nitrogens with one attached hydrogen (secondary N) is 1. The number of carboxylic acid groups (broad SMARTS) is 1. The van der Waals surface area contributed by atoms with E-state index >= 15 is 0 Å². The molecule has 4 aromatic rings. The Labute approximate surface area is 223 Å². The van der Waals surface area contributed by atoms with Crippen LogP contribution in [0.3, 0.4) is 0 Å². The van der Waals surface area contributed by atoms with Gasteiger partial charge in [0.2, 0.25) is 0 Å². The first-order valence-corrected chi connectivity index (χ1v) is 13.3. The van der Waals surface area contributed by atoms with Crippen molar-refractivity contribution >= 4 is 44.9 Å². The molecule has 0 saturated carbocycles. The Bertz CT molecular complexity index is 1510. The Morgan fingerprint density at radius 3 is 2.22 bits per heavy atom. The van der Waals surface area contributed by atoms with Gasteiger partial charge in [-0.25, -0.2) is 13.2 Å². The van der Waals surface area contributed by atoms with E-state index in [2.05, 4.69) is 9.88 Å². The summed E-state index contributed by atoms with van der Waals surface area (Å²) >= 11 is 12.8. The maximum absolute atomic E-state index is 12.6. The zero-order chi connectivity index (χ0) is 26.7. The molecular weight excluding hydrogens is 539 g/mol. The minimum atomic E-state index is -3.91. The largest absolute Gasteiger partial charge is 0.489 e. The Hall–Kier alpha value is -3.53. The number of carboxylic acids is 1. The van der Waals surface area contributed by atoms with E-state index in [4.69, 9.17) is 37.6 Å². The molecule has 8 nitrogen and oxygen atoms in total. The summed E-state index contributed by atoms with van der Waals surface area (Å²) in [6, 6.07) is 16.5. The smallest absolute Gasteiger partial charge is 0.335 e. The Morgan fingerprint density at radius 2 is 1.65 bits per heavy atom. The quantitative estimate of drug-likeness (QED) is 0.229. The van der Waals surface area contributed by atoms with Crippen LogP contribution in [-0.2, 0) is 16.6 Å². The Kier molecular flexibility index (Phi) is 7.77. The van der Waals surface area contributed by atoms with Gasteiger partial charge in [0.15, 0.2) is 0 Å². The van der Waals surface area contributed by atoms with E-state index in [1.165, 1.54) is 24.3 Å². The zero-order valence-corrected chi connectivity index (χ0v) is 22.1. The Morgan fingerprint density at radius 1 is 1.03 bits per heavy atom. The van der Waals surface area contributed by atoms with Crippen LogP contribution in [0.15, 0.2) is 76.1 Å². The van der Waals surface area contributed by atoms with Gasteiger partial charge >= 0.3 is 5.97 Å². The zero-order valence-electron chi connectivity index (χ0n) is 19.7. The number of carbonyl (C=O) groups is 1. The highest BCUT2D eigenvalue weighted by atomic mass is 35.5. The van der Waals surface area contributed by atoms with E-state index in [-0.39, 0.29) is 23.0 Å². The second-order valence-corrected chi connectivity index (χ2v) is 10.9. The fourth-order valence-electron chi connectivity index (χ4n) is 3.60. The third-order valence-electron chi connectivity index (χ3n) is 5.44. The first-order valence-electron chi connectivity index (χ1n) is 11.1. The summed E-state index contributed by atoms with van der Waals surface area (Å²) in [5.74, 6) is 0.0221. The highest BCUT2D eigenvalue weighted by molar-refractivity contribution is 7.92. The first kappa shape index (κ1) is 26.5. The van der Waals surface area contributed by atoms with Crippen molar-refractivity contribution in [2.24, 2.45) is 0 Å². The number of ether oxygens (including phenoxy) is 1. The second-order valence-electron chi connectivity index (χ2n) is 8.37. The molecule has 0 aliphatic carbocycles. The summed E-state index contributed by atoms with van der Waals surface area (Å²) in [5.41, 5.74) is 2.07. The van der Waals surface area contributed by atoms with Crippen molar-refractivity contribution in [3.05, 3.63) is 93.7 Å². The maximum Gasteiger partial charge on any atom is 0.335 e. The Balaban J connectivity index is 1.51. The van der Waals surface area contributed by atoms with Crippen LogP contribution < -0.4 is 9.46 Å². The maximum atomic E-state index is 12.6. The molecule has 37 heavy (non-hydrogen) atoms. The SMILES string of the molecule is CC(C)c1onc(-c2c(Cl)cccc2Cl)c1COc1ccc(NS(=O)(=O)c2ccc(C(=O)O)cc2)cc1. The molecule has 2 N–H and O–H groups in total. The number of sulfonamides is 1. The molecule has 0 spiro atoms. The van der Waals surface area contributed by atoms with Crippen LogP contribution in [0.25, 0.3) is 11.3 Å². The summed E-state index contributed by atoms with van der Waals surface area (Å²) in [5, 5.41) is 14.1. The number of rotatable bonds is 9. The lowest BCUT2D eigenvalue weighted by atomic mass is 10.0. The molecule has 4 rings (SSSR count). The van der Waals surface area contributed by atoms with E-state index in [1.54, 1.807) is 42.5 Å². The number of benzene rings is 3. The van der Waals surface area contributed by atoms with Gasteiger partial charge in [-0.15, -0.1) is 0 Å². The molecule has 0 radical (unpaired) electrons. The van der Waals surface area contributed by atoms with Crippen LogP contribution in [0.4, 0.5) is 5.69 Å². The van der Waals surface area contributed by atoms with Gasteiger partial charge in [0.05, 0.1) is 26.1 Å². The third kappa shape index (κ3) is 5.90. The number of hydrogen-bond donors (Lipinski definition) is 2. The van der Waals surface area contributed by atoms with Crippen LogP contribution in [0.2, 0.25) is 10.0 Å². The molecular formula is C26H22Cl2N2O6S. The van der Waals surface area contributed by atoms with Gasteiger partial charge < -0.3 is 14.4 Å². The number of aromatic carboxylic acids is 1. The summed E-state index contributed by atoms with van der Waals surface area (Å²) in [7, 11) is -3.91. The van der Waals surface area contributed by atoms with Crippen molar-refractivity contribution < 1.29 is 27.6 Å². The van der Waals surface area contributed by atoms with Gasteiger partial charge in [0.25, 0.3) is 10.0 Å². The molecule has 0 unspecified atom stereocenters. The normalized spacial score (nSPS) is 11.5. The summed E-state index contributed by atoms with van der Waals surface area (Å²) in [6.07, 6.45) is 0. The highest BCUT2D eigenvalue weighted by Crippen LogP contribution is 2.38. The lowest BCUT2D eigenvalue weighted by Crippen LogP contribution is -2.13. The van der Waals surface area contributed by atoms with Gasteiger partial charge in [-0.1, -0.05) is 48.3 Å². The minimum absolute atomic E-state index is 0.00568.